The summed E-state index contributed by atoms with van der Waals surface area (Å²) in [4.78, 5) is 0. The zero-order valence-corrected chi connectivity index (χ0v) is 15.1. The Morgan fingerprint density at radius 2 is 1.62 bits per heavy atom. The van der Waals surface area contributed by atoms with E-state index in [0.717, 1.165) is 18.4 Å². The van der Waals surface area contributed by atoms with E-state index in [2.05, 4.69) is 27.4 Å². The lowest BCUT2D eigenvalue weighted by molar-refractivity contribution is -0.252. The number of aliphatic hydroxyl groups is 4. The number of aliphatic hydroxyl groups excluding tert-OH is 4. The third-order valence-corrected chi connectivity index (χ3v) is 8.42. The van der Waals surface area contributed by atoms with Crippen molar-refractivity contribution >= 4 is 0 Å². The van der Waals surface area contributed by atoms with Gasteiger partial charge in [0, 0.05) is 11.3 Å². The number of hydrogen-bond acceptors (Lipinski definition) is 4. The van der Waals surface area contributed by atoms with Gasteiger partial charge >= 0.3 is 0 Å². The summed E-state index contributed by atoms with van der Waals surface area (Å²) >= 11 is 0. The molecule has 0 aromatic carbocycles. The minimum atomic E-state index is -0.750. The molecule has 136 valence electrons. The Kier molecular flexibility index (Phi) is 3.44. The van der Waals surface area contributed by atoms with E-state index in [1.165, 1.54) is 0 Å². The number of rotatable bonds is 0. The van der Waals surface area contributed by atoms with Crippen LogP contribution >= 0.6 is 0 Å². The Labute approximate surface area is 144 Å². The summed E-state index contributed by atoms with van der Waals surface area (Å²) in [6.45, 7) is 10.5. The predicted molar refractivity (Wildman–Crippen MR) is 91.0 cm³/mol. The SMILES string of the molecule is C=C1[C@@H](O)[C@@]23C[C@@H](O)[C@@H]4C(C)(C)C[C@@H](O)C[C@@]4(C)[C@@H]2CC[C@@H]1[C@H]3O. The molecule has 4 aliphatic rings. The first-order valence-corrected chi connectivity index (χ1v) is 9.46. The smallest absolute Gasteiger partial charge is 0.0836 e. The van der Waals surface area contributed by atoms with Crippen molar-refractivity contribution in [3.05, 3.63) is 12.2 Å². The fourth-order valence-corrected chi connectivity index (χ4v) is 8.09. The van der Waals surface area contributed by atoms with E-state index in [-0.39, 0.29) is 34.7 Å². The summed E-state index contributed by atoms with van der Waals surface area (Å²) in [5.41, 5.74) is -0.390. The Balaban J connectivity index is 1.86. The second kappa shape index (κ2) is 4.85. The monoisotopic (exact) mass is 336 g/mol. The van der Waals surface area contributed by atoms with Gasteiger partial charge in [0.05, 0.1) is 24.4 Å². The Morgan fingerprint density at radius 1 is 0.958 bits per heavy atom. The normalized spacial score (nSPS) is 59.0. The van der Waals surface area contributed by atoms with Crippen molar-refractivity contribution in [2.75, 3.05) is 0 Å². The van der Waals surface area contributed by atoms with E-state index in [9.17, 15) is 20.4 Å². The molecular formula is C20H32O4. The highest BCUT2D eigenvalue weighted by molar-refractivity contribution is 5.31. The first-order valence-electron chi connectivity index (χ1n) is 9.46. The van der Waals surface area contributed by atoms with Crippen LogP contribution < -0.4 is 0 Å². The lowest BCUT2D eigenvalue weighted by Gasteiger charge is -2.66. The Hall–Kier alpha value is -0.420. The van der Waals surface area contributed by atoms with E-state index in [1.807, 2.05) is 0 Å². The number of hydrogen-bond donors (Lipinski definition) is 4. The van der Waals surface area contributed by atoms with E-state index >= 15 is 0 Å². The molecule has 1 spiro atoms. The largest absolute Gasteiger partial charge is 0.393 e. The first-order chi connectivity index (χ1) is 11.1. The van der Waals surface area contributed by atoms with Gasteiger partial charge in [0.2, 0.25) is 0 Å². The van der Waals surface area contributed by atoms with Crippen molar-refractivity contribution in [1.29, 1.82) is 0 Å². The molecule has 24 heavy (non-hydrogen) atoms. The van der Waals surface area contributed by atoms with E-state index in [0.29, 0.717) is 19.3 Å². The molecule has 9 atom stereocenters. The molecule has 0 aromatic rings. The summed E-state index contributed by atoms with van der Waals surface area (Å²) < 4.78 is 0. The highest BCUT2D eigenvalue weighted by Gasteiger charge is 2.72. The van der Waals surface area contributed by atoms with Crippen molar-refractivity contribution in [3.8, 4) is 0 Å². The summed E-state index contributed by atoms with van der Waals surface area (Å²) in [7, 11) is 0. The van der Waals surface area contributed by atoms with Crippen LogP contribution in [0, 0.1) is 34.0 Å². The van der Waals surface area contributed by atoms with Crippen molar-refractivity contribution in [3.63, 3.8) is 0 Å². The fraction of sp³-hybridized carbons (Fsp3) is 0.900. The molecule has 0 heterocycles. The van der Waals surface area contributed by atoms with Gasteiger partial charge in [-0.25, -0.2) is 0 Å². The maximum absolute atomic E-state index is 11.1. The van der Waals surface area contributed by atoms with E-state index in [4.69, 9.17) is 0 Å². The molecular weight excluding hydrogens is 304 g/mol. The summed E-state index contributed by atoms with van der Waals surface area (Å²) in [6, 6.07) is 0. The van der Waals surface area contributed by atoms with Gasteiger partial charge in [-0.3, -0.25) is 0 Å². The Bertz CT molecular complexity index is 572. The van der Waals surface area contributed by atoms with Gasteiger partial charge in [0.25, 0.3) is 0 Å². The van der Waals surface area contributed by atoms with Crippen LogP contribution in [0.15, 0.2) is 12.2 Å². The van der Waals surface area contributed by atoms with Gasteiger partial charge in [-0.1, -0.05) is 27.4 Å². The minimum absolute atomic E-state index is 0.0508. The van der Waals surface area contributed by atoms with E-state index in [1.54, 1.807) is 0 Å². The predicted octanol–water partition coefficient (Wildman–Crippen LogP) is 1.86. The van der Waals surface area contributed by atoms with Crippen molar-refractivity contribution < 1.29 is 20.4 Å². The second-order valence-electron chi connectivity index (χ2n) is 10.1. The average Bonchev–Trinajstić information content (AvgIpc) is 2.54. The maximum atomic E-state index is 11.1. The first kappa shape index (κ1) is 17.0. The van der Waals surface area contributed by atoms with Crippen molar-refractivity contribution in [2.24, 2.45) is 34.0 Å². The molecule has 4 aliphatic carbocycles. The zero-order chi connectivity index (χ0) is 17.7. The van der Waals surface area contributed by atoms with Gasteiger partial charge in [0.15, 0.2) is 0 Å². The van der Waals surface area contributed by atoms with Crippen LogP contribution in [-0.4, -0.2) is 44.8 Å². The quantitative estimate of drug-likeness (QED) is 0.509. The summed E-state index contributed by atoms with van der Waals surface area (Å²) in [5, 5.41) is 43.8. The van der Waals surface area contributed by atoms with Crippen LogP contribution in [0.4, 0.5) is 0 Å². The van der Waals surface area contributed by atoms with Crippen LogP contribution in [0.25, 0.3) is 0 Å². The van der Waals surface area contributed by atoms with Crippen LogP contribution in [0.1, 0.15) is 52.9 Å². The molecule has 0 amide bonds. The van der Waals surface area contributed by atoms with E-state index < -0.39 is 23.7 Å². The van der Waals surface area contributed by atoms with Crippen LogP contribution in [0.5, 0.6) is 0 Å². The zero-order valence-electron chi connectivity index (χ0n) is 15.1. The third-order valence-electron chi connectivity index (χ3n) is 8.42. The van der Waals surface area contributed by atoms with Gasteiger partial charge in [-0.15, -0.1) is 0 Å². The molecule has 0 radical (unpaired) electrons. The highest BCUT2D eigenvalue weighted by Crippen LogP contribution is 2.71. The highest BCUT2D eigenvalue weighted by atomic mass is 16.3. The molecule has 0 unspecified atom stereocenters. The molecule has 4 nitrogen and oxygen atoms in total. The van der Waals surface area contributed by atoms with Crippen LogP contribution in [0.2, 0.25) is 0 Å². The lowest BCUT2D eigenvalue weighted by Crippen LogP contribution is -2.67. The Morgan fingerprint density at radius 3 is 2.29 bits per heavy atom. The minimum Gasteiger partial charge on any atom is -0.393 e. The molecule has 0 aliphatic heterocycles. The third kappa shape index (κ3) is 1.78. The van der Waals surface area contributed by atoms with Crippen LogP contribution in [-0.2, 0) is 0 Å². The molecule has 0 aromatic heterocycles. The molecule has 4 heteroatoms. The molecule has 4 N–H and O–H groups in total. The van der Waals surface area contributed by atoms with Crippen molar-refractivity contribution in [2.45, 2.75) is 77.3 Å². The van der Waals surface area contributed by atoms with Crippen LogP contribution in [0.3, 0.4) is 0 Å². The molecule has 0 saturated heterocycles. The molecule has 4 saturated carbocycles. The summed E-state index contributed by atoms with van der Waals surface area (Å²) in [6.07, 6.45) is 1.22. The number of fused-ring (bicyclic) bond motifs is 3. The average molecular weight is 336 g/mol. The molecule has 2 bridgehead atoms. The lowest BCUT2D eigenvalue weighted by atomic mass is 9.39. The van der Waals surface area contributed by atoms with Crippen molar-refractivity contribution in [1.82, 2.24) is 0 Å². The maximum Gasteiger partial charge on any atom is 0.0836 e. The van der Waals surface area contributed by atoms with Gasteiger partial charge in [-0.2, -0.15) is 0 Å². The van der Waals surface area contributed by atoms with Gasteiger partial charge < -0.3 is 20.4 Å². The standard InChI is InChI=1S/C20H32O4/c1-10-12-5-6-14-19(4)8-11(21)7-18(2,3)15(19)13(22)9-20(14,16(10)23)17(12)24/h11-17,21-24H,1,5-9H2,2-4H3/t11-,12+,13-,14+,15-,16-,17-,19+,20-/m1/s1. The second-order valence-corrected chi connectivity index (χ2v) is 10.1. The summed E-state index contributed by atoms with van der Waals surface area (Å²) in [5.74, 6) is 0.132. The molecule has 4 fully saturated rings. The van der Waals surface area contributed by atoms with Gasteiger partial charge in [-0.05, 0) is 60.3 Å². The fourth-order valence-electron chi connectivity index (χ4n) is 8.09. The van der Waals surface area contributed by atoms with Gasteiger partial charge in [0.1, 0.15) is 0 Å². The topological polar surface area (TPSA) is 80.9 Å². The molecule has 4 rings (SSSR count).